The molecule has 2 heteroatoms. The van der Waals surface area contributed by atoms with Crippen LogP contribution in [0.15, 0.2) is 182 Å². The Morgan fingerprint density at radius 3 is 1.57 bits per heavy atom. The van der Waals surface area contributed by atoms with Gasteiger partial charge in [0.25, 0.3) is 0 Å². The van der Waals surface area contributed by atoms with Crippen molar-refractivity contribution in [1.29, 1.82) is 0 Å². The van der Waals surface area contributed by atoms with Crippen molar-refractivity contribution in [3.63, 3.8) is 0 Å². The molecule has 0 fully saturated rings. The maximum Gasteiger partial charge on any atom is 0.101 e. The number of rotatable bonds is 4. The summed E-state index contributed by atoms with van der Waals surface area (Å²) in [6.45, 7) is 0. The second-order valence-electron chi connectivity index (χ2n) is 13.6. The summed E-state index contributed by atoms with van der Waals surface area (Å²) < 4.78 is 2.22. The van der Waals surface area contributed by atoms with Gasteiger partial charge in [0.05, 0.1) is 11.2 Å². The van der Waals surface area contributed by atoms with Gasteiger partial charge in [-0.15, -0.1) is 0 Å². The van der Waals surface area contributed by atoms with Gasteiger partial charge in [-0.1, -0.05) is 152 Å². The Labute approximate surface area is 294 Å². The number of hydrogen-bond acceptors (Lipinski definition) is 1. The van der Waals surface area contributed by atoms with Gasteiger partial charge in [-0.25, -0.2) is 4.52 Å². The zero-order valence-electron chi connectivity index (χ0n) is 27.7. The molecule has 51 heavy (non-hydrogen) atoms. The fourth-order valence-electron chi connectivity index (χ4n) is 8.36. The van der Waals surface area contributed by atoms with Crippen LogP contribution >= 0.6 is 0 Å². The number of hydrogen-bond donors (Lipinski definition) is 0. The van der Waals surface area contributed by atoms with E-state index in [1.54, 1.807) is 0 Å². The van der Waals surface area contributed by atoms with Gasteiger partial charge in [0, 0.05) is 22.1 Å². The van der Waals surface area contributed by atoms with Crippen LogP contribution in [0.25, 0.3) is 104 Å². The van der Waals surface area contributed by atoms with Crippen molar-refractivity contribution in [2.24, 2.45) is 0 Å². The third-order valence-electron chi connectivity index (χ3n) is 10.7. The van der Waals surface area contributed by atoms with Crippen LogP contribution in [0.5, 0.6) is 0 Å². The molecule has 0 aliphatic heterocycles. The van der Waals surface area contributed by atoms with Gasteiger partial charge in [0.15, 0.2) is 0 Å². The zero-order chi connectivity index (χ0) is 33.5. The van der Waals surface area contributed by atoms with E-state index in [1.165, 1.54) is 65.0 Å². The van der Waals surface area contributed by atoms with Crippen LogP contribution in [0.4, 0.5) is 0 Å². The maximum atomic E-state index is 5.65. The standard InChI is InChI=1S/C49H30N2/c1-3-12-31(13-4-1)42-28-35-16-7-8-17-36(35)29-43(42)44-30-37-18-9-10-21-41(37)49-47(32-14-5-2-6-15-32)48(50-51(44)49)40-26-38-24-22-33-19-11-20-34-23-25-39(27-40)46(38)45(33)34/h1-30H. The van der Waals surface area contributed by atoms with Gasteiger partial charge in [0.1, 0.15) is 5.69 Å². The van der Waals surface area contributed by atoms with Crippen LogP contribution in [-0.4, -0.2) is 9.61 Å². The second kappa shape index (κ2) is 10.9. The van der Waals surface area contributed by atoms with Crippen LogP contribution in [0.1, 0.15) is 0 Å². The first kappa shape index (κ1) is 28.1. The largest absolute Gasteiger partial charge is 0.231 e. The predicted octanol–water partition coefficient (Wildman–Crippen LogP) is 13.2. The minimum atomic E-state index is 0.978. The van der Waals surface area contributed by atoms with E-state index in [1.807, 2.05) is 0 Å². The quantitative estimate of drug-likeness (QED) is 0.174. The predicted molar refractivity (Wildman–Crippen MR) is 216 cm³/mol. The summed E-state index contributed by atoms with van der Waals surface area (Å²) in [5.74, 6) is 0. The zero-order valence-corrected chi connectivity index (χ0v) is 27.7. The minimum absolute atomic E-state index is 0.978. The molecule has 0 atom stereocenters. The summed E-state index contributed by atoms with van der Waals surface area (Å²) in [7, 11) is 0. The molecule has 0 saturated heterocycles. The molecule has 11 rings (SSSR count). The minimum Gasteiger partial charge on any atom is -0.231 e. The Kier molecular flexibility index (Phi) is 5.99. The summed E-state index contributed by atoms with van der Waals surface area (Å²) in [5.41, 5.74) is 10.1. The molecule has 0 unspecified atom stereocenters. The van der Waals surface area contributed by atoms with Gasteiger partial charge < -0.3 is 0 Å². The lowest BCUT2D eigenvalue weighted by Gasteiger charge is -2.15. The monoisotopic (exact) mass is 646 g/mol. The average molecular weight is 647 g/mol. The van der Waals surface area contributed by atoms with Gasteiger partial charge in [-0.05, 0) is 95.5 Å². The molecule has 2 aromatic heterocycles. The van der Waals surface area contributed by atoms with E-state index in [0.29, 0.717) is 0 Å². The third-order valence-corrected chi connectivity index (χ3v) is 10.7. The van der Waals surface area contributed by atoms with E-state index < -0.39 is 0 Å². The Balaban J connectivity index is 1.29. The van der Waals surface area contributed by atoms with Crippen molar-refractivity contribution in [1.82, 2.24) is 9.61 Å². The molecule has 9 aromatic carbocycles. The second-order valence-corrected chi connectivity index (χ2v) is 13.6. The highest BCUT2D eigenvalue weighted by atomic mass is 15.2. The Morgan fingerprint density at radius 2 is 0.882 bits per heavy atom. The number of aromatic nitrogens is 2. The van der Waals surface area contributed by atoms with Crippen molar-refractivity contribution >= 4 is 59.4 Å². The van der Waals surface area contributed by atoms with E-state index >= 15 is 0 Å². The lowest BCUT2D eigenvalue weighted by Crippen LogP contribution is -1.98. The van der Waals surface area contributed by atoms with Gasteiger partial charge in [-0.2, -0.15) is 5.10 Å². The first-order chi connectivity index (χ1) is 25.3. The highest BCUT2D eigenvalue weighted by Crippen LogP contribution is 2.45. The fourth-order valence-corrected chi connectivity index (χ4v) is 8.36. The maximum absolute atomic E-state index is 5.65. The Morgan fingerprint density at radius 1 is 0.353 bits per heavy atom. The fraction of sp³-hybridized carbons (Fsp3) is 0. The topological polar surface area (TPSA) is 17.3 Å². The summed E-state index contributed by atoms with van der Waals surface area (Å²) in [4.78, 5) is 0. The molecule has 11 aromatic rings. The van der Waals surface area contributed by atoms with E-state index in [9.17, 15) is 0 Å². The Hall–Kier alpha value is -6.77. The van der Waals surface area contributed by atoms with Crippen LogP contribution in [0.3, 0.4) is 0 Å². The van der Waals surface area contributed by atoms with E-state index in [2.05, 4.69) is 187 Å². The smallest absolute Gasteiger partial charge is 0.101 e. The molecule has 0 amide bonds. The summed E-state index contributed by atoms with van der Waals surface area (Å²) in [6.07, 6.45) is 0. The molecular weight excluding hydrogens is 617 g/mol. The van der Waals surface area contributed by atoms with E-state index in [-0.39, 0.29) is 0 Å². The summed E-state index contributed by atoms with van der Waals surface area (Å²) in [6, 6.07) is 66.3. The Bertz CT molecular complexity index is 3050. The molecule has 0 aliphatic rings. The number of fused-ring (bicyclic) bond motifs is 4. The molecule has 0 spiro atoms. The van der Waals surface area contributed by atoms with Gasteiger partial charge in [-0.3, -0.25) is 0 Å². The van der Waals surface area contributed by atoms with Gasteiger partial charge >= 0.3 is 0 Å². The lowest BCUT2D eigenvalue weighted by molar-refractivity contribution is 0.980. The summed E-state index contributed by atoms with van der Waals surface area (Å²) >= 11 is 0. The van der Waals surface area contributed by atoms with Crippen LogP contribution in [-0.2, 0) is 0 Å². The SMILES string of the molecule is c1ccc(-c2cc3ccccc3cc2-c2cc3ccccc3c3c(-c4ccccc4)c(-c4cc5ccc6cccc7ccc(c4)c5c67)nn23)cc1. The molecule has 0 N–H and O–H groups in total. The van der Waals surface area contributed by atoms with Crippen molar-refractivity contribution in [2.45, 2.75) is 0 Å². The molecule has 236 valence electrons. The van der Waals surface area contributed by atoms with Crippen LogP contribution < -0.4 is 0 Å². The highest BCUT2D eigenvalue weighted by Gasteiger charge is 2.24. The normalized spacial score (nSPS) is 11.9. The molecule has 2 nitrogen and oxygen atoms in total. The highest BCUT2D eigenvalue weighted by molar-refractivity contribution is 6.24. The summed E-state index contributed by atoms with van der Waals surface area (Å²) in [5, 5.41) is 18.1. The van der Waals surface area contributed by atoms with Crippen LogP contribution in [0.2, 0.25) is 0 Å². The number of benzene rings is 9. The lowest BCUT2D eigenvalue weighted by atomic mass is 9.90. The van der Waals surface area contributed by atoms with Crippen molar-refractivity contribution in [3.05, 3.63) is 182 Å². The molecule has 0 radical (unpaired) electrons. The molecule has 0 aliphatic carbocycles. The van der Waals surface area contributed by atoms with Crippen molar-refractivity contribution in [3.8, 4) is 44.8 Å². The van der Waals surface area contributed by atoms with Crippen molar-refractivity contribution < 1.29 is 0 Å². The number of nitrogens with zero attached hydrogens (tertiary/aromatic N) is 2. The first-order valence-corrected chi connectivity index (χ1v) is 17.5. The van der Waals surface area contributed by atoms with E-state index in [0.717, 1.165) is 39.2 Å². The molecule has 2 heterocycles. The first-order valence-electron chi connectivity index (χ1n) is 17.5. The molecule has 0 bridgehead atoms. The average Bonchev–Trinajstić information content (AvgIpc) is 3.61. The third kappa shape index (κ3) is 4.27. The van der Waals surface area contributed by atoms with E-state index in [4.69, 9.17) is 5.10 Å². The molecular formula is C49H30N2. The van der Waals surface area contributed by atoms with Crippen LogP contribution in [0, 0.1) is 0 Å². The number of pyridine rings is 1. The van der Waals surface area contributed by atoms with Crippen molar-refractivity contribution in [2.75, 3.05) is 0 Å². The molecule has 0 saturated carbocycles. The van der Waals surface area contributed by atoms with Gasteiger partial charge in [0.2, 0.25) is 0 Å².